The Morgan fingerprint density at radius 1 is 1.28 bits per heavy atom. The number of benzene rings is 1. The lowest BCUT2D eigenvalue weighted by Crippen LogP contribution is -2.39. The van der Waals surface area contributed by atoms with Gasteiger partial charge in [0.1, 0.15) is 12.4 Å². The molecule has 0 saturated heterocycles. The second-order valence-electron chi connectivity index (χ2n) is 3.70. The molecule has 0 fully saturated rings. The van der Waals surface area contributed by atoms with Gasteiger partial charge >= 0.3 is 0 Å². The fraction of sp³-hybridized carbons (Fsp3) is 0.462. The Labute approximate surface area is 113 Å². The van der Waals surface area contributed by atoms with E-state index >= 15 is 0 Å². The van der Waals surface area contributed by atoms with Gasteiger partial charge in [-0.25, -0.2) is 0 Å². The molecule has 0 spiro atoms. The lowest BCUT2D eigenvalue weighted by atomic mass is 10.3. The largest absolute Gasteiger partial charge is 0.490 e. The lowest BCUT2D eigenvalue weighted by molar-refractivity contribution is 0.322. The molecule has 0 amide bonds. The first-order valence-corrected chi connectivity index (χ1v) is 6.47. The maximum Gasteiger partial charge on any atom is 0.191 e. The average Bonchev–Trinajstić information content (AvgIpc) is 2.40. The van der Waals surface area contributed by atoms with Crippen LogP contribution in [-0.2, 0) is 0 Å². The van der Waals surface area contributed by atoms with Crippen molar-refractivity contribution in [3.63, 3.8) is 0 Å². The number of para-hydroxylation sites is 1. The van der Waals surface area contributed by atoms with Crippen LogP contribution in [0.5, 0.6) is 5.75 Å². The third-order valence-corrected chi connectivity index (χ3v) is 2.57. The smallest absolute Gasteiger partial charge is 0.191 e. The summed E-state index contributed by atoms with van der Waals surface area (Å²) >= 11 is 5.98. The summed E-state index contributed by atoms with van der Waals surface area (Å²) in [5.74, 6) is 1.50. The normalized spacial score (nSPS) is 11.2. The van der Waals surface area contributed by atoms with Crippen molar-refractivity contribution in [3.05, 3.63) is 29.3 Å². The van der Waals surface area contributed by atoms with E-state index in [2.05, 4.69) is 22.5 Å². The molecule has 0 bridgehead atoms. The molecule has 0 aliphatic heterocycles. The van der Waals surface area contributed by atoms with E-state index in [1.165, 1.54) is 0 Å². The molecule has 1 aromatic rings. The van der Waals surface area contributed by atoms with Gasteiger partial charge in [-0.05, 0) is 18.6 Å². The van der Waals surface area contributed by atoms with Crippen LogP contribution in [0.3, 0.4) is 0 Å². The first-order valence-electron chi connectivity index (χ1n) is 6.09. The van der Waals surface area contributed by atoms with Gasteiger partial charge in [-0.3, -0.25) is 4.99 Å². The highest BCUT2D eigenvalue weighted by molar-refractivity contribution is 6.32. The van der Waals surface area contributed by atoms with Gasteiger partial charge in [-0.1, -0.05) is 30.7 Å². The lowest BCUT2D eigenvalue weighted by Gasteiger charge is -2.12. The molecule has 1 aromatic carbocycles. The molecular weight excluding hydrogens is 250 g/mol. The van der Waals surface area contributed by atoms with Crippen LogP contribution in [0.2, 0.25) is 5.02 Å². The van der Waals surface area contributed by atoms with Gasteiger partial charge in [0.2, 0.25) is 0 Å². The first kappa shape index (κ1) is 14.6. The number of nitrogens with one attached hydrogen (secondary N) is 2. The Hall–Kier alpha value is -1.42. The molecule has 100 valence electrons. The second-order valence-corrected chi connectivity index (χ2v) is 4.11. The van der Waals surface area contributed by atoms with Crippen molar-refractivity contribution in [2.24, 2.45) is 4.99 Å². The number of guanidine groups is 1. The molecule has 0 aliphatic carbocycles. The highest BCUT2D eigenvalue weighted by atomic mass is 35.5. The van der Waals surface area contributed by atoms with Gasteiger partial charge in [-0.2, -0.15) is 0 Å². The molecule has 0 unspecified atom stereocenters. The summed E-state index contributed by atoms with van der Waals surface area (Å²) in [6, 6.07) is 7.44. The van der Waals surface area contributed by atoms with Crippen LogP contribution < -0.4 is 15.4 Å². The summed E-state index contributed by atoms with van der Waals surface area (Å²) < 4.78 is 5.56. The Morgan fingerprint density at radius 2 is 2.00 bits per heavy atom. The Morgan fingerprint density at radius 3 is 2.67 bits per heavy atom. The topological polar surface area (TPSA) is 45.7 Å². The number of hydrogen-bond acceptors (Lipinski definition) is 2. The highest BCUT2D eigenvalue weighted by Crippen LogP contribution is 2.22. The summed E-state index contributed by atoms with van der Waals surface area (Å²) in [4.78, 5) is 4.10. The standard InChI is InChI=1S/C13H20ClN3O/c1-3-8-16-13(15-2)17-9-10-18-12-7-5-4-6-11(12)14/h4-7H,3,8-10H2,1-2H3,(H2,15,16,17). The fourth-order valence-electron chi connectivity index (χ4n) is 1.36. The van der Waals surface area contributed by atoms with Gasteiger partial charge in [0, 0.05) is 13.6 Å². The number of ether oxygens (including phenoxy) is 1. The quantitative estimate of drug-likeness (QED) is 0.473. The molecule has 2 N–H and O–H groups in total. The monoisotopic (exact) mass is 269 g/mol. The predicted molar refractivity (Wildman–Crippen MR) is 76.6 cm³/mol. The minimum absolute atomic E-state index is 0.538. The van der Waals surface area contributed by atoms with Crippen molar-refractivity contribution in [1.29, 1.82) is 0 Å². The molecule has 0 atom stereocenters. The van der Waals surface area contributed by atoms with Gasteiger partial charge in [0.15, 0.2) is 5.96 Å². The van der Waals surface area contributed by atoms with Crippen LogP contribution in [0.15, 0.2) is 29.3 Å². The zero-order chi connectivity index (χ0) is 13.2. The molecular formula is C13H20ClN3O. The van der Waals surface area contributed by atoms with Crippen LogP contribution >= 0.6 is 11.6 Å². The molecule has 4 nitrogen and oxygen atoms in total. The van der Waals surface area contributed by atoms with Gasteiger partial charge in [0.05, 0.1) is 11.6 Å². The first-order chi connectivity index (χ1) is 8.77. The van der Waals surface area contributed by atoms with Crippen molar-refractivity contribution in [2.75, 3.05) is 26.7 Å². The van der Waals surface area contributed by atoms with E-state index in [1.54, 1.807) is 7.05 Å². The van der Waals surface area contributed by atoms with E-state index in [1.807, 2.05) is 24.3 Å². The number of aliphatic imine (C=N–C) groups is 1. The fourth-order valence-corrected chi connectivity index (χ4v) is 1.55. The van der Waals surface area contributed by atoms with Gasteiger partial charge in [-0.15, -0.1) is 0 Å². The number of rotatable bonds is 6. The third-order valence-electron chi connectivity index (χ3n) is 2.25. The van der Waals surface area contributed by atoms with Crippen molar-refractivity contribution in [2.45, 2.75) is 13.3 Å². The van der Waals surface area contributed by atoms with Crippen LogP contribution in [0.1, 0.15) is 13.3 Å². The van der Waals surface area contributed by atoms with E-state index in [-0.39, 0.29) is 0 Å². The zero-order valence-electron chi connectivity index (χ0n) is 10.9. The summed E-state index contributed by atoms with van der Waals surface area (Å²) in [6.45, 7) is 4.23. The van der Waals surface area contributed by atoms with Crippen LogP contribution in [0, 0.1) is 0 Å². The molecule has 0 radical (unpaired) electrons. The molecule has 1 rings (SSSR count). The zero-order valence-corrected chi connectivity index (χ0v) is 11.6. The van der Waals surface area contributed by atoms with Crippen molar-refractivity contribution in [1.82, 2.24) is 10.6 Å². The van der Waals surface area contributed by atoms with Crippen molar-refractivity contribution < 1.29 is 4.74 Å². The van der Waals surface area contributed by atoms with Crippen LogP contribution in [0.4, 0.5) is 0 Å². The van der Waals surface area contributed by atoms with E-state index in [9.17, 15) is 0 Å². The molecule has 0 aromatic heterocycles. The SMILES string of the molecule is CCCNC(=NC)NCCOc1ccccc1Cl. The number of nitrogens with zero attached hydrogens (tertiary/aromatic N) is 1. The maximum atomic E-state index is 5.98. The Bertz CT molecular complexity index is 382. The number of halogens is 1. The highest BCUT2D eigenvalue weighted by Gasteiger charge is 1.99. The van der Waals surface area contributed by atoms with Gasteiger partial charge < -0.3 is 15.4 Å². The summed E-state index contributed by atoms with van der Waals surface area (Å²) in [6.07, 6.45) is 1.07. The molecule has 0 saturated carbocycles. The predicted octanol–water partition coefficient (Wildman–Crippen LogP) is 2.29. The third kappa shape index (κ3) is 5.27. The Kier molecular flexibility index (Phi) is 7.03. The average molecular weight is 270 g/mol. The van der Waals surface area contributed by atoms with Crippen LogP contribution in [0.25, 0.3) is 0 Å². The van der Waals surface area contributed by atoms with E-state index in [0.29, 0.717) is 23.9 Å². The van der Waals surface area contributed by atoms with E-state index in [0.717, 1.165) is 18.9 Å². The number of hydrogen-bond donors (Lipinski definition) is 2. The van der Waals surface area contributed by atoms with Crippen molar-refractivity contribution in [3.8, 4) is 5.75 Å². The van der Waals surface area contributed by atoms with Crippen molar-refractivity contribution >= 4 is 17.6 Å². The minimum Gasteiger partial charge on any atom is -0.490 e. The molecule has 5 heteroatoms. The summed E-state index contributed by atoms with van der Waals surface area (Å²) in [7, 11) is 1.75. The van der Waals surface area contributed by atoms with E-state index < -0.39 is 0 Å². The minimum atomic E-state index is 0.538. The summed E-state index contributed by atoms with van der Waals surface area (Å²) in [5.41, 5.74) is 0. The molecule has 18 heavy (non-hydrogen) atoms. The molecule has 0 heterocycles. The summed E-state index contributed by atoms with van der Waals surface area (Å²) in [5, 5.41) is 6.98. The van der Waals surface area contributed by atoms with Gasteiger partial charge in [0.25, 0.3) is 0 Å². The maximum absolute atomic E-state index is 5.98. The Balaban J connectivity index is 2.24. The van der Waals surface area contributed by atoms with Crippen LogP contribution in [-0.4, -0.2) is 32.7 Å². The van der Waals surface area contributed by atoms with E-state index in [4.69, 9.17) is 16.3 Å². The molecule has 0 aliphatic rings. The second kappa shape index (κ2) is 8.64.